The lowest BCUT2D eigenvalue weighted by Crippen LogP contribution is -2.59. The van der Waals surface area contributed by atoms with Crippen molar-refractivity contribution < 1.29 is 9.59 Å². The fraction of sp³-hybridized carbons (Fsp3) is 0.308. The second-order valence-corrected chi connectivity index (χ2v) is 5.12. The van der Waals surface area contributed by atoms with E-state index in [1.165, 1.54) is 11.0 Å². The van der Waals surface area contributed by atoms with Crippen molar-refractivity contribution in [3.05, 3.63) is 25.3 Å². The zero-order valence-corrected chi connectivity index (χ0v) is 13.7. The molecule has 9 heteroatoms. The largest absolute Gasteiger partial charge is 0.358 e. The molecule has 1 heterocycles. The van der Waals surface area contributed by atoms with Gasteiger partial charge in [0.1, 0.15) is 0 Å². The van der Waals surface area contributed by atoms with E-state index in [-0.39, 0.29) is 22.5 Å². The topological polar surface area (TPSA) is 85.8 Å². The van der Waals surface area contributed by atoms with Crippen LogP contribution in [0.1, 0.15) is 6.92 Å². The minimum atomic E-state index is -1.05. The summed E-state index contributed by atoms with van der Waals surface area (Å²) in [5, 5.41) is 9.59. The Hall–Kier alpha value is -2.13. The van der Waals surface area contributed by atoms with Gasteiger partial charge in [0.05, 0.1) is 5.71 Å². The molecule has 0 aromatic heterocycles. The van der Waals surface area contributed by atoms with Crippen molar-refractivity contribution in [2.75, 3.05) is 13.1 Å². The number of hydrogen-bond acceptors (Lipinski definition) is 5. The van der Waals surface area contributed by atoms with Gasteiger partial charge in [-0.15, -0.1) is 13.2 Å². The lowest BCUT2D eigenvalue weighted by atomic mass is 10.00. The predicted octanol–water partition coefficient (Wildman–Crippen LogP) is 0.0579. The van der Waals surface area contributed by atoms with E-state index < -0.39 is 17.7 Å². The van der Waals surface area contributed by atoms with Crippen LogP contribution in [0.15, 0.2) is 30.4 Å². The van der Waals surface area contributed by atoms with Crippen molar-refractivity contribution in [1.29, 1.82) is 0 Å². The lowest BCUT2D eigenvalue weighted by molar-refractivity contribution is -0.137. The van der Waals surface area contributed by atoms with E-state index in [0.29, 0.717) is 6.54 Å². The highest BCUT2D eigenvalue weighted by Gasteiger charge is 2.39. The van der Waals surface area contributed by atoms with Gasteiger partial charge in [0.25, 0.3) is 0 Å². The summed E-state index contributed by atoms with van der Waals surface area (Å²) in [6.45, 7) is 9.36. The molecule has 2 amide bonds. The summed E-state index contributed by atoms with van der Waals surface area (Å²) in [4.78, 5) is 25.6. The molecule has 3 N–H and O–H groups in total. The van der Waals surface area contributed by atoms with Crippen LogP contribution in [0, 0.1) is 5.92 Å². The summed E-state index contributed by atoms with van der Waals surface area (Å²) in [6, 6.07) is 0. The SMILES string of the molecule is C=CCNC(=S)N/N=C(/C)[C@@H]1C(=O)NC(=S)N(CC=C)C1=O. The van der Waals surface area contributed by atoms with Crippen molar-refractivity contribution in [1.82, 2.24) is 21.0 Å². The monoisotopic (exact) mass is 339 g/mol. The first kappa shape index (κ1) is 17.9. The molecule has 22 heavy (non-hydrogen) atoms. The van der Waals surface area contributed by atoms with Gasteiger partial charge in [-0.2, -0.15) is 5.10 Å². The Morgan fingerprint density at radius 2 is 2.14 bits per heavy atom. The van der Waals surface area contributed by atoms with E-state index >= 15 is 0 Å². The van der Waals surface area contributed by atoms with E-state index in [2.05, 4.69) is 34.3 Å². The van der Waals surface area contributed by atoms with Gasteiger partial charge in [-0.05, 0) is 31.4 Å². The van der Waals surface area contributed by atoms with Crippen LogP contribution in [-0.2, 0) is 9.59 Å². The van der Waals surface area contributed by atoms with Crippen molar-refractivity contribution >= 4 is 52.2 Å². The van der Waals surface area contributed by atoms with E-state index in [1.807, 2.05) is 0 Å². The van der Waals surface area contributed by atoms with Crippen LogP contribution in [-0.4, -0.2) is 45.7 Å². The van der Waals surface area contributed by atoms with Gasteiger partial charge in [-0.3, -0.25) is 19.9 Å². The Labute approximate surface area is 139 Å². The molecule has 1 fully saturated rings. The minimum absolute atomic E-state index is 0.0649. The highest BCUT2D eigenvalue weighted by Crippen LogP contribution is 2.12. The maximum absolute atomic E-state index is 12.4. The first-order valence-corrected chi connectivity index (χ1v) is 7.20. The molecule has 0 aromatic carbocycles. The van der Waals surface area contributed by atoms with Crippen LogP contribution in [0.25, 0.3) is 0 Å². The Balaban J connectivity index is 2.83. The first-order chi connectivity index (χ1) is 10.4. The maximum atomic E-state index is 12.4. The van der Waals surface area contributed by atoms with Gasteiger partial charge in [0.2, 0.25) is 11.8 Å². The minimum Gasteiger partial charge on any atom is -0.358 e. The number of nitrogens with one attached hydrogen (secondary N) is 3. The fourth-order valence-electron chi connectivity index (χ4n) is 1.69. The van der Waals surface area contributed by atoms with Crippen molar-refractivity contribution in [3.8, 4) is 0 Å². The number of nitrogens with zero attached hydrogens (tertiary/aromatic N) is 2. The molecule has 1 rings (SSSR count). The predicted molar refractivity (Wildman–Crippen MR) is 93.2 cm³/mol. The highest BCUT2D eigenvalue weighted by atomic mass is 32.1. The number of hydrogen-bond donors (Lipinski definition) is 3. The number of carbonyl (C=O) groups is 2. The molecule has 1 saturated heterocycles. The van der Waals surface area contributed by atoms with Gasteiger partial charge in [-0.25, -0.2) is 0 Å². The Bertz CT molecular complexity index is 559. The number of thiocarbonyl (C=S) groups is 2. The molecule has 0 aliphatic carbocycles. The molecule has 0 bridgehead atoms. The molecule has 1 aliphatic heterocycles. The van der Waals surface area contributed by atoms with Gasteiger partial charge in [-0.1, -0.05) is 12.2 Å². The molecule has 118 valence electrons. The number of hydrazone groups is 1. The van der Waals surface area contributed by atoms with E-state index in [4.69, 9.17) is 24.4 Å². The third kappa shape index (κ3) is 4.43. The Morgan fingerprint density at radius 1 is 1.45 bits per heavy atom. The van der Waals surface area contributed by atoms with Crippen LogP contribution >= 0.6 is 24.4 Å². The molecular weight excluding hydrogens is 322 g/mol. The fourth-order valence-corrected chi connectivity index (χ4v) is 2.09. The van der Waals surface area contributed by atoms with Gasteiger partial charge >= 0.3 is 0 Å². The van der Waals surface area contributed by atoms with Crippen LogP contribution in [0.3, 0.4) is 0 Å². The van der Waals surface area contributed by atoms with Crippen LogP contribution in [0.5, 0.6) is 0 Å². The van der Waals surface area contributed by atoms with Crippen molar-refractivity contribution in [2.24, 2.45) is 11.0 Å². The molecule has 1 aliphatic rings. The quantitative estimate of drug-likeness (QED) is 0.209. The van der Waals surface area contributed by atoms with E-state index in [9.17, 15) is 9.59 Å². The summed E-state index contributed by atoms with van der Waals surface area (Å²) in [6.07, 6.45) is 3.16. The molecule has 1 atom stereocenters. The van der Waals surface area contributed by atoms with Crippen molar-refractivity contribution in [2.45, 2.75) is 6.92 Å². The second kappa shape index (κ2) is 8.35. The normalized spacial score (nSPS) is 18.6. The van der Waals surface area contributed by atoms with Crippen LogP contribution < -0.4 is 16.1 Å². The number of carbonyl (C=O) groups excluding carboxylic acids is 2. The third-order valence-electron chi connectivity index (χ3n) is 2.72. The van der Waals surface area contributed by atoms with Gasteiger partial charge < -0.3 is 10.6 Å². The Morgan fingerprint density at radius 3 is 2.73 bits per heavy atom. The molecule has 0 saturated carbocycles. The standard InChI is InChI=1S/C13H17N5O2S2/c1-4-6-14-12(21)17-16-8(3)9-10(19)15-13(22)18(7-5-2)11(9)20/h4-5,9H,1-2,6-7H2,3H3,(H2,14,17,21)(H,15,19,22)/b16-8-/t9-/m1/s1. The van der Waals surface area contributed by atoms with Gasteiger partial charge in [0, 0.05) is 13.1 Å². The molecule has 0 unspecified atom stereocenters. The number of amides is 2. The summed E-state index contributed by atoms with van der Waals surface area (Å²) >= 11 is 9.94. The molecule has 0 spiro atoms. The Kier molecular flexibility index (Phi) is 6.80. The summed E-state index contributed by atoms with van der Waals surface area (Å²) in [7, 11) is 0. The summed E-state index contributed by atoms with van der Waals surface area (Å²) in [5.74, 6) is -2.01. The zero-order valence-electron chi connectivity index (χ0n) is 12.1. The first-order valence-electron chi connectivity index (χ1n) is 6.38. The van der Waals surface area contributed by atoms with Crippen LogP contribution in [0.4, 0.5) is 0 Å². The average molecular weight is 339 g/mol. The smallest absolute Gasteiger partial charge is 0.247 e. The number of rotatable bonds is 6. The average Bonchev–Trinajstić information content (AvgIpc) is 2.47. The van der Waals surface area contributed by atoms with Crippen molar-refractivity contribution in [3.63, 3.8) is 0 Å². The second-order valence-electron chi connectivity index (χ2n) is 4.33. The molecular formula is C13H17N5O2S2. The lowest BCUT2D eigenvalue weighted by Gasteiger charge is -2.31. The van der Waals surface area contributed by atoms with E-state index in [0.717, 1.165) is 0 Å². The van der Waals surface area contributed by atoms with Gasteiger partial charge in [0.15, 0.2) is 16.1 Å². The summed E-state index contributed by atoms with van der Waals surface area (Å²) < 4.78 is 0. The van der Waals surface area contributed by atoms with Crippen LogP contribution in [0.2, 0.25) is 0 Å². The maximum Gasteiger partial charge on any atom is 0.247 e. The zero-order chi connectivity index (χ0) is 16.7. The highest BCUT2D eigenvalue weighted by molar-refractivity contribution is 7.80. The van der Waals surface area contributed by atoms with E-state index in [1.54, 1.807) is 13.0 Å². The molecule has 0 radical (unpaired) electrons. The molecule has 7 nitrogen and oxygen atoms in total. The molecule has 0 aromatic rings. The third-order valence-corrected chi connectivity index (χ3v) is 3.28. The summed E-state index contributed by atoms with van der Waals surface area (Å²) in [5.41, 5.74) is 2.85.